The lowest BCUT2D eigenvalue weighted by Gasteiger charge is -2.42. The molecule has 102 valence electrons. The predicted molar refractivity (Wildman–Crippen MR) is 76.2 cm³/mol. The number of hydrogen-bond acceptors (Lipinski definition) is 2. The molecule has 17 heavy (non-hydrogen) atoms. The second kappa shape index (κ2) is 8.10. The summed E-state index contributed by atoms with van der Waals surface area (Å²) in [6.45, 7) is 11.8. The quantitative estimate of drug-likeness (QED) is 0.684. The molecule has 2 nitrogen and oxygen atoms in total. The van der Waals surface area contributed by atoms with Crippen molar-refractivity contribution in [2.24, 2.45) is 5.92 Å². The number of unbranched alkanes of at least 4 members (excludes halogenated alkanes) is 3. The molecule has 1 saturated heterocycles. The standard InChI is InChI=1S/C15H32N2/c1-5-7-8-9-10-15(6-2)17-12-13(3)11-16-14(17)4/h13-16H,5-12H2,1-4H3. The third-order valence-electron chi connectivity index (χ3n) is 4.11. The first-order chi connectivity index (χ1) is 8.19. The van der Waals surface area contributed by atoms with E-state index < -0.39 is 0 Å². The highest BCUT2D eigenvalue weighted by molar-refractivity contribution is 4.81. The summed E-state index contributed by atoms with van der Waals surface area (Å²) >= 11 is 0. The predicted octanol–water partition coefficient (Wildman–Crippen LogP) is 3.62. The summed E-state index contributed by atoms with van der Waals surface area (Å²) in [5, 5.41) is 3.62. The zero-order chi connectivity index (χ0) is 12.7. The highest BCUT2D eigenvalue weighted by atomic mass is 15.3. The van der Waals surface area contributed by atoms with Crippen LogP contribution in [-0.2, 0) is 0 Å². The first-order valence-electron chi connectivity index (χ1n) is 7.68. The van der Waals surface area contributed by atoms with Crippen molar-refractivity contribution in [3.05, 3.63) is 0 Å². The van der Waals surface area contributed by atoms with Gasteiger partial charge < -0.3 is 5.32 Å². The van der Waals surface area contributed by atoms with Gasteiger partial charge in [-0.15, -0.1) is 0 Å². The van der Waals surface area contributed by atoms with Crippen molar-refractivity contribution >= 4 is 0 Å². The van der Waals surface area contributed by atoms with E-state index in [9.17, 15) is 0 Å². The minimum atomic E-state index is 0.572. The zero-order valence-corrected chi connectivity index (χ0v) is 12.3. The van der Waals surface area contributed by atoms with Crippen LogP contribution < -0.4 is 5.32 Å². The van der Waals surface area contributed by atoms with Gasteiger partial charge in [-0.1, -0.05) is 46.5 Å². The molecular weight excluding hydrogens is 208 g/mol. The van der Waals surface area contributed by atoms with Crippen molar-refractivity contribution in [1.82, 2.24) is 10.2 Å². The van der Waals surface area contributed by atoms with E-state index in [-0.39, 0.29) is 0 Å². The van der Waals surface area contributed by atoms with Gasteiger partial charge in [-0.25, -0.2) is 0 Å². The Morgan fingerprint density at radius 3 is 2.59 bits per heavy atom. The molecule has 0 amide bonds. The molecule has 1 fully saturated rings. The van der Waals surface area contributed by atoms with Crippen molar-refractivity contribution in [3.63, 3.8) is 0 Å². The molecule has 3 unspecified atom stereocenters. The van der Waals surface area contributed by atoms with E-state index in [0.717, 1.165) is 12.0 Å². The molecule has 1 rings (SSSR count). The van der Waals surface area contributed by atoms with Crippen LogP contribution in [0.4, 0.5) is 0 Å². The molecule has 0 spiro atoms. The summed E-state index contributed by atoms with van der Waals surface area (Å²) in [6.07, 6.45) is 8.82. The second-order valence-electron chi connectivity index (χ2n) is 5.80. The Hall–Kier alpha value is -0.0800. The minimum Gasteiger partial charge on any atom is -0.302 e. The third kappa shape index (κ3) is 4.97. The molecule has 1 N–H and O–H groups in total. The van der Waals surface area contributed by atoms with Crippen LogP contribution >= 0.6 is 0 Å². The third-order valence-corrected chi connectivity index (χ3v) is 4.11. The van der Waals surface area contributed by atoms with Gasteiger partial charge >= 0.3 is 0 Å². The Kier molecular flexibility index (Phi) is 7.14. The van der Waals surface area contributed by atoms with Crippen molar-refractivity contribution < 1.29 is 0 Å². The number of nitrogens with one attached hydrogen (secondary N) is 1. The van der Waals surface area contributed by atoms with Crippen molar-refractivity contribution in [3.8, 4) is 0 Å². The highest BCUT2D eigenvalue weighted by Gasteiger charge is 2.27. The van der Waals surface area contributed by atoms with Gasteiger partial charge in [0.2, 0.25) is 0 Å². The van der Waals surface area contributed by atoms with Gasteiger partial charge in [0, 0.05) is 19.1 Å². The molecule has 0 saturated carbocycles. The molecule has 0 bridgehead atoms. The first-order valence-corrected chi connectivity index (χ1v) is 7.68. The number of rotatable bonds is 7. The van der Waals surface area contributed by atoms with E-state index >= 15 is 0 Å². The van der Waals surface area contributed by atoms with Crippen molar-refractivity contribution in [2.75, 3.05) is 13.1 Å². The maximum Gasteiger partial charge on any atom is 0.0570 e. The Morgan fingerprint density at radius 1 is 1.18 bits per heavy atom. The largest absolute Gasteiger partial charge is 0.302 e. The summed E-state index contributed by atoms with van der Waals surface area (Å²) in [5.74, 6) is 0.802. The van der Waals surface area contributed by atoms with Gasteiger partial charge in [-0.3, -0.25) is 4.90 Å². The molecule has 0 aromatic rings. The Bertz CT molecular complexity index is 193. The van der Waals surface area contributed by atoms with Crippen LogP contribution in [0.2, 0.25) is 0 Å². The van der Waals surface area contributed by atoms with Gasteiger partial charge in [-0.2, -0.15) is 0 Å². The van der Waals surface area contributed by atoms with Crippen LogP contribution in [-0.4, -0.2) is 30.2 Å². The lowest BCUT2D eigenvalue weighted by molar-refractivity contribution is 0.0580. The van der Waals surface area contributed by atoms with Crippen molar-refractivity contribution in [2.45, 2.75) is 78.4 Å². The van der Waals surface area contributed by atoms with Crippen LogP contribution in [0.25, 0.3) is 0 Å². The van der Waals surface area contributed by atoms with Gasteiger partial charge in [0.15, 0.2) is 0 Å². The lowest BCUT2D eigenvalue weighted by Crippen LogP contribution is -2.56. The molecule has 0 aromatic heterocycles. The summed E-state index contributed by atoms with van der Waals surface area (Å²) in [7, 11) is 0. The molecule has 1 aliphatic rings. The number of hydrogen-bond donors (Lipinski definition) is 1. The average molecular weight is 240 g/mol. The topological polar surface area (TPSA) is 15.3 Å². The fourth-order valence-electron chi connectivity index (χ4n) is 2.95. The fraction of sp³-hybridized carbons (Fsp3) is 1.00. The van der Waals surface area contributed by atoms with Gasteiger partial charge in [0.25, 0.3) is 0 Å². The molecule has 3 atom stereocenters. The lowest BCUT2D eigenvalue weighted by atomic mass is 9.99. The summed E-state index contributed by atoms with van der Waals surface area (Å²) in [5.41, 5.74) is 0. The van der Waals surface area contributed by atoms with Gasteiger partial charge in [-0.05, 0) is 25.7 Å². The monoisotopic (exact) mass is 240 g/mol. The van der Waals surface area contributed by atoms with E-state index in [1.54, 1.807) is 0 Å². The van der Waals surface area contributed by atoms with Gasteiger partial charge in [0.05, 0.1) is 6.17 Å². The Balaban J connectivity index is 2.36. The van der Waals surface area contributed by atoms with Crippen LogP contribution in [0.3, 0.4) is 0 Å². The average Bonchev–Trinajstić information content (AvgIpc) is 2.33. The van der Waals surface area contributed by atoms with E-state index in [2.05, 4.69) is 37.9 Å². The number of nitrogens with zero attached hydrogens (tertiary/aromatic N) is 1. The van der Waals surface area contributed by atoms with Crippen LogP contribution in [0, 0.1) is 5.92 Å². The van der Waals surface area contributed by atoms with E-state index in [4.69, 9.17) is 0 Å². The highest BCUT2D eigenvalue weighted by Crippen LogP contribution is 2.20. The van der Waals surface area contributed by atoms with Gasteiger partial charge in [0.1, 0.15) is 0 Å². The first kappa shape index (κ1) is 15.0. The van der Waals surface area contributed by atoms with E-state index in [1.807, 2.05) is 0 Å². The molecule has 0 radical (unpaired) electrons. The molecule has 1 heterocycles. The summed E-state index contributed by atoms with van der Waals surface area (Å²) in [4.78, 5) is 2.69. The summed E-state index contributed by atoms with van der Waals surface area (Å²) < 4.78 is 0. The van der Waals surface area contributed by atoms with E-state index in [0.29, 0.717) is 6.17 Å². The fourth-order valence-corrected chi connectivity index (χ4v) is 2.95. The van der Waals surface area contributed by atoms with Crippen LogP contribution in [0.15, 0.2) is 0 Å². The van der Waals surface area contributed by atoms with Crippen LogP contribution in [0.1, 0.15) is 66.2 Å². The molecule has 1 aliphatic heterocycles. The maximum atomic E-state index is 3.62. The Labute approximate surface area is 108 Å². The smallest absolute Gasteiger partial charge is 0.0570 e. The SMILES string of the molecule is CCCCCCC(CC)N1CC(C)CNC1C. The molecular formula is C15H32N2. The van der Waals surface area contributed by atoms with Crippen molar-refractivity contribution in [1.29, 1.82) is 0 Å². The Morgan fingerprint density at radius 2 is 1.94 bits per heavy atom. The summed E-state index contributed by atoms with van der Waals surface area (Å²) in [6, 6.07) is 0.789. The van der Waals surface area contributed by atoms with Crippen LogP contribution in [0.5, 0.6) is 0 Å². The normalized spacial score (nSPS) is 28.2. The molecule has 0 aliphatic carbocycles. The molecule has 2 heteroatoms. The maximum absolute atomic E-state index is 3.62. The van der Waals surface area contributed by atoms with E-state index in [1.165, 1.54) is 51.6 Å². The molecule has 0 aromatic carbocycles. The second-order valence-corrected chi connectivity index (χ2v) is 5.80. The zero-order valence-electron chi connectivity index (χ0n) is 12.3. The minimum absolute atomic E-state index is 0.572.